The van der Waals surface area contributed by atoms with Gasteiger partial charge in [-0.1, -0.05) is 0 Å². The molecule has 3 N–H and O–H groups in total. The number of pyridine rings is 1. The maximum absolute atomic E-state index is 12.4. The second-order valence-corrected chi connectivity index (χ2v) is 8.97. The van der Waals surface area contributed by atoms with Crippen LogP contribution in [0.3, 0.4) is 0 Å². The number of anilines is 1. The average Bonchev–Trinajstić information content (AvgIpc) is 3.30. The summed E-state index contributed by atoms with van der Waals surface area (Å²) in [5.41, 5.74) is 6.40. The van der Waals surface area contributed by atoms with Crippen LogP contribution < -0.4 is 15.4 Å². The van der Waals surface area contributed by atoms with E-state index in [1.165, 1.54) is 0 Å². The normalized spacial score (nSPS) is 20.9. The fraction of sp³-hybridized carbons (Fsp3) is 0.455. The molecule has 1 saturated heterocycles. The molecule has 1 amide bonds. The topological polar surface area (TPSA) is 128 Å². The smallest absolute Gasteiger partial charge is 0.254 e. The van der Waals surface area contributed by atoms with Crippen LogP contribution in [0.15, 0.2) is 24.5 Å². The molecule has 5 rings (SSSR count). The van der Waals surface area contributed by atoms with Gasteiger partial charge in [0.25, 0.3) is 5.91 Å². The van der Waals surface area contributed by atoms with Crippen molar-refractivity contribution in [3.05, 3.63) is 35.7 Å². The summed E-state index contributed by atoms with van der Waals surface area (Å²) in [5.74, 6) is 0.500. The van der Waals surface area contributed by atoms with E-state index < -0.39 is 17.1 Å². The van der Waals surface area contributed by atoms with Gasteiger partial charge in [0.15, 0.2) is 5.65 Å². The van der Waals surface area contributed by atoms with Crippen molar-refractivity contribution in [2.75, 3.05) is 31.2 Å². The van der Waals surface area contributed by atoms with E-state index in [-0.39, 0.29) is 5.56 Å². The molecule has 0 bridgehead atoms. The van der Waals surface area contributed by atoms with Gasteiger partial charge in [0, 0.05) is 43.0 Å². The molecule has 0 saturated carbocycles. The number of nitrogens with two attached hydrogens (primary N) is 1. The van der Waals surface area contributed by atoms with Crippen molar-refractivity contribution in [2.24, 2.45) is 5.73 Å². The number of aromatic nitrogens is 4. The number of carbonyl (C=O) groups excluding carboxylic acids is 1. The molecular formula is C22H26N6O4. The van der Waals surface area contributed by atoms with Crippen molar-refractivity contribution in [1.29, 1.82) is 0 Å². The first-order valence-electron chi connectivity index (χ1n) is 10.6. The number of carbonyl (C=O) groups is 1. The van der Waals surface area contributed by atoms with Crippen LogP contribution in [0.25, 0.3) is 16.9 Å². The molecule has 10 nitrogen and oxygen atoms in total. The Morgan fingerprint density at radius 1 is 1.31 bits per heavy atom. The fourth-order valence-electron chi connectivity index (χ4n) is 4.19. The van der Waals surface area contributed by atoms with E-state index in [9.17, 15) is 9.90 Å². The van der Waals surface area contributed by atoms with Crippen molar-refractivity contribution < 1.29 is 19.4 Å². The third-order valence-electron chi connectivity index (χ3n) is 6.39. The van der Waals surface area contributed by atoms with Gasteiger partial charge in [-0.2, -0.15) is 10.1 Å². The van der Waals surface area contributed by atoms with Crippen LogP contribution in [0.1, 0.15) is 36.7 Å². The minimum atomic E-state index is -1.08. The molecule has 10 heteroatoms. The second-order valence-electron chi connectivity index (χ2n) is 8.97. The first-order valence-corrected chi connectivity index (χ1v) is 10.6. The number of hydrogen-bond donors (Lipinski definition) is 2. The minimum absolute atomic E-state index is 0.242. The summed E-state index contributed by atoms with van der Waals surface area (Å²) in [6, 6.07) is 3.68. The number of fused-ring (bicyclic) bond motifs is 2. The molecule has 32 heavy (non-hydrogen) atoms. The molecule has 0 spiro atoms. The zero-order valence-electron chi connectivity index (χ0n) is 18.3. The standard InChI is InChI=1S/C22H26N6O4/c1-21(2,30)22(3)12-13-11-14(18(25-20(13)32-22)27-7-9-31-10-8-27)16-15(17(23)29)19-24-5-4-6-28(19)26-16/h4-6,11,30H,7-10,12H2,1-3H3,(H2,23,29). The quantitative estimate of drug-likeness (QED) is 0.622. The van der Waals surface area contributed by atoms with Crippen LogP contribution in [0.4, 0.5) is 5.82 Å². The Balaban J connectivity index is 1.73. The summed E-state index contributed by atoms with van der Waals surface area (Å²) in [6.45, 7) is 7.72. The predicted octanol–water partition coefficient (Wildman–Crippen LogP) is 1.19. The molecule has 1 atom stereocenters. The lowest BCUT2D eigenvalue weighted by Gasteiger charge is -2.35. The molecule has 5 heterocycles. The highest BCUT2D eigenvalue weighted by Gasteiger charge is 2.48. The summed E-state index contributed by atoms with van der Waals surface area (Å²) in [7, 11) is 0. The maximum Gasteiger partial charge on any atom is 0.254 e. The van der Waals surface area contributed by atoms with Crippen LogP contribution >= 0.6 is 0 Å². The summed E-state index contributed by atoms with van der Waals surface area (Å²) < 4.78 is 13.2. The first kappa shape index (κ1) is 20.7. The van der Waals surface area contributed by atoms with Gasteiger partial charge in [-0.15, -0.1) is 0 Å². The Kier molecular flexibility index (Phi) is 4.61. The molecule has 168 valence electrons. The van der Waals surface area contributed by atoms with Gasteiger partial charge in [0.05, 0.1) is 18.8 Å². The molecule has 0 aliphatic carbocycles. The van der Waals surface area contributed by atoms with Crippen molar-refractivity contribution >= 4 is 17.4 Å². The van der Waals surface area contributed by atoms with Crippen LogP contribution in [0.5, 0.6) is 5.88 Å². The highest BCUT2D eigenvalue weighted by atomic mass is 16.5. The van der Waals surface area contributed by atoms with E-state index in [1.54, 1.807) is 36.8 Å². The number of primary amides is 1. The number of ether oxygens (including phenoxy) is 2. The van der Waals surface area contributed by atoms with Crippen LogP contribution in [-0.2, 0) is 11.2 Å². The Bertz CT molecular complexity index is 1210. The zero-order valence-corrected chi connectivity index (χ0v) is 18.3. The molecule has 0 aromatic carbocycles. The van der Waals surface area contributed by atoms with E-state index in [0.717, 1.165) is 5.56 Å². The molecule has 3 aromatic rings. The number of nitrogens with zero attached hydrogens (tertiary/aromatic N) is 5. The number of aliphatic hydroxyl groups is 1. The van der Waals surface area contributed by atoms with Gasteiger partial charge in [0.1, 0.15) is 22.7 Å². The van der Waals surface area contributed by atoms with Gasteiger partial charge in [-0.05, 0) is 32.9 Å². The highest BCUT2D eigenvalue weighted by molar-refractivity contribution is 6.05. The van der Waals surface area contributed by atoms with Gasteiger partial charge in [-0.3, -0.25) is 4.79 Å². The largest absolute Gasteiger partial charge is 0.468 e. The molecule has 2 aliphatic heterocycles. The van der Waals surface area contributed by atoms with Crippen LogP contribution in [0, 0.1) is 0 Å². The summed E-state index contributed by atoms with van der Waals surface area (Å²) in [5, 5.41) is 15.3. The Morgan fingerprint density at radius 2 is 2.06 bits per heavy atom. The van der Waals surface area contributed by atoms with Crippen molar-refractivity contribution in [3.63, 3.8) is 0 Å². The van der Waals surface area contributed by atoms with Crippen molar-refractivity contribution in [3.8, 4) is 17.1 Å². The first-order chi connectivity index (χ1) is 15.2. The molecule has 1 fully saturated rings. The summed E-state index contributed by atoms with van der Waals surface area (Å²) >= 11 is 0. The lowest BCUT2D eigenvalue weighted by atomic mass is 9.84. The van der Waals surface area contributed by atoms with Crippen molar-refractivity contribution in [2.45, 2.75) is 38.4 Å². The minimum Gasteiger partial charge on any atom is -0.468 e. The number of rotatable bonds is 4. The molecule has 3 aromatic heterocycles. The number of amides is 1. The van der Waals surface area contributed by atoms with Gasteiger partial charge >= 0.3 is 0 Å². The highest BCUT2D eigenvalue weighted by Crippen LogP contribution is 2.44. The van der Waals surface area contributed by atoms with E-state index in [2.05, 4.69) is 15.0 Å². The third kappa shape index (κ3) is 3.18. The maximum atomic E-state index is 12.4. The SMILES string of the molecule is CC(C)(O)C1(C)Cc2cc(-c3nn4cccnc4c3C(N)=O)c(N3CCOCC3)nc2O1. The monoisotopic (exact) mass is 438 g/mol. The summed E-state index contributed by atoms with van der Waals surface area (Å²) in [4.78, 5) is 23.7. The lowest BCUT2D eigenvalue weighted by molar-refractivity contribution is -0.0914. The molecule has 1 unspecified atom stereocenters. The average molecular weight is 438 g/mol. The van der Waals surface area contributed by atoms with Gasteiger partial charge in [0.2, 0.25) is 5.88 Å². The number of hydrogen-bond acceptors (Lipinski definition) is 8. The predicted molar refractivity (Wildman–Crippen MR) is 117 cm³/mol. The van der Waals surface area contributed by atoms with Gasteiger partial charge < -0.3 is 25.2 Å². The Morgan fingerprint density at radius 3 is 2.75 bits per heavy atom. The Labute approximate surface area is 185 Å². The molecule has 0 radical (unpaired) electrons. The third-order valence-corrected chi connectivity index (χ3v) is 6.39. The van der Waals surface area contributed by atoms with Crippen LogP contribution in [-0.4, -0.2) is 68.1 Å². The van der Waals surface area contributed by atoms with E-state index in [1.807, 2.05) is 13.0 Å². The fourth-order valence-corrected chi connectivity index (χ4v) is 4.19. The molecule has 2 aliphatic rings. The lowest BCUT2D eigenvalue weighted by Crippen LogP contribution is -2.51. The number of morpholine rings is 1. The van der Waals surface area contributed by atoms with E-state index >= 15 is 0 Å². The second kappa shape index (κ2) is 7.14. The van der Waals surface area contributed by atoms with Crippen molar-refractivity contribution in [1.82, 2.24) is 19.6 Å². The van der Waals surface area contributed by atoms with E-state index in [4.69, 9.17) is 20.2 Å². The van der Waals surface area contributed by atoms with E-state index in [0.29, 0.717) is 61.3 Å². The Hall–Kier alpha value is -3.24. The van der Waals surface area contributed by atoms with Crippen LogP contribution in [0.2, 0.25) is 0 Å². The van der Waals surface area contributed by atoms with Gasteiger partial charge in [-0.25, -0.2) is 9.50 Å². The zero-order chi connectivity index (χ0) is 22.7. The molecular weight excluding hydrogens is 412 g/mol. The summed E-state index contributed by atoms with van der Waals surface area (Å²) in [6.07, 6.45) is 3.79.